The van der Waals surface area contributed by atoms with Crippen molar-refractivity contribution in [1.82, 2.24) is 4.72 Å². The Morgan fingerprint density at radius 2 is 2.04 bits per heavy atom. The number of anilines is 1. The molecule has 0 bridgehead atoms. The summed E-state index contributed by atoms with van der Waals surface area (Å²) in [6.45, 7) is 2.28. The van der Waals surface area contributed by atoms with Gasteiger partial charge in [-0.25, -0.2) is 4.72 Å². The minimum absolute atomic E-state index is 0.0384. The Balaban J connectivity index is 1.76. The number of fused-ring (bicyclic) bond motifs is 1. The molecule has 1 N–H and O–H groups in total. The molecule has 0 aliphatic carbocycles. The van der Waals surface area contributed by atoms with Gasteiger partial charge in [0, 0.05) is 28.5 Å². The zero-order valence-corrected chi connectivity index (χ0v) is 17.6. The molecule has 0 fully saturated rings. The van der Waals surface area contributed by atoms with Crippen molar-refractivity contribution in [3.63, 3.8) is 0 Å². The first-order valence-corrected chi connectivity index (χ1v) is 10.2. The van der Waals surface area contributed by atoms with Crippen molar-refractivity contribution in [1.29, 1.82) is 0 Å². The van der Waals surface area contributed by atoms with Crippen LogP contribution in [0.3, 0.4) is 0 Å². The van der Waals surface area contributed by atoms with Crippen molar-refractivity contribution < 1.29 is 14.3 Å². The average Bonchev–Trinajstić information content (AvgIpc) is 3.08. The van der Waals surface area contributed by atoms with Crippen molar-refractivity contribution in [2.45, 2.75) is 30.7 Å². The summed E-state index contributed by atoms with van der Waals surface area (Å²) >= 11 is 4.96. The first-order chi connectivity index (χ1) is 13.0. The van der Waals surface area contributed by atoms with Crippen LogP contribution in [-0.4, -0.2) is 31.6 Å². The van der Waals surface area contributed by atoms with Crippen molar-refractivity contribution in [3.05, 3.63) is 58.1 Å². The maximum Gasteiger partial charge on any atom is 0.324 e. The molecule has 7 heteroatoms. The second kappa shape index (κ2) is 8.91. The SMILES string of the molecule is COC(=O)[C@H](Cc1ccccc1)NSc1cc2c(cc1Br)CCN2C(C)=O. The van der Waals surface area contributed by atoms with E-state index in [0.717, 1.165) is 32.6 Å². The average molecular weight is 449 g/mol. The highest BCUT2D eigenvalue weighted by Gasteiger charge is 2.25. The summed E-state index contributed by atoms with van der Waals surface area (Å²) in [6, 6.07) is 13.4. The molecule has 0 spiro atoms. The Bertz CT molecular complexity index is 845. The number of ether oxygens (including phenoxy) is 1. The number of esters is 1. The Hall–Kier alpha value is -1.83. The lowest BCUT2D eigenvalue weighted by atomic mass is 10.1. The molecule has 0 unspecified atom stereocenters. The largest absolute Gasteiger partial charge is 0.468 e. The van der Waals surface area contributed by atoms with E-state index >= 15 is 0 Å². The first-order valence-electron chi connectivity index (χ1n) is 8.64. The van der Waals surface area contributed by atoms with Gasteiger partial charge in [-0.15, -0.1) is 0 Å². The van der Waals surface area contributed by atoms with Crippen LogP contribution < -0.4 is 9.62 Å². The molecule has 1 atom stereocenters. The van der Waals surface area contributed by atoms with Crippen molar-refractivity contribution >= 4 is 45.4 Å². The monoisotopic (exact) mass is 448 g/mol. The highest BCUT2D eigenvalue weighted by molar-refractivity contribution is 9.10. The third kappa shape index (κ3) is 4.72. The minimum Gasteiger partial charge on any atom is -0.468 e. The molecule has 2 aromatic carbocycles. The maximum absolute atomic E-state index is 12.2. The highest BCUT2D eigenvalue weighted by Crippen LogP contribution is 2.37. The predicted molar refractivity (Wildman–Crippen MR) is 111 cm³/mol. The van der Waals surface area contributed by atoms with Crippen LogP contribution in [0.15, 0.2) is 51.8 Å². The van der Waals surface area contributed by atoms with E-state index in [1.54, 1.807) is 11.8 Å². The zero-order valence-electron chi connectivity index (χ0n) is 15.2. The van der Waals surface area contributed by atoms with Crippen molar-refractivity contribution in [2.24, 2.45) is 0 Å². The molecule has 0 radical (unpaired) electrons. The van der Waals surface area contributed by atoms with Gasteiger partial charge >= 0.3 is 5.97 Å². The molecule has 27 heavy (non-hydrogen) atoms. The number of methoxy groups -OCH3 is 1. The molecule has 1 amide bonds. The van der Waals surface area contributed by atoms with E-state index < -0.39 is 6.04 Å². The lowest BCUT2D eigenvalue weighted by Crippen LogP contribution is -2.35. The molecule has 3 rings (SSSR count). The van der Waals surface area contributed by atoms with Gasteiger partial charge in [0.05, 0.1) is 7.11 Å². The van der Waals surface area contributed by atoms with Gasteiger partial charge in [0.15, 0.2) is 0 Å². The van der Waals surface area contributed by atoms with Crippen molar-refractivity contribution in [2.75, 3.05) is 18.6 Å². The molecule has 5 nitrogen and oxygen atoms in total. The topological polar surface area (TPSA) is 58.6 Å². The Morgan fingerprint density at radius 3 is 2.70 bits per heavy atom. The number of nitrogens with one attached hydrogen (secondary N) is 1. The van der Waals surface area contributed by atoms with Gasteiger partial charge in [0.2, 0.25) is 5.91 Å². The lowest BCUT2D eigenvalue weighted by Gasteiger charge is -2.19. The quantitative estimate of drug-likeness (QED) is 0.538. The zero-order chi connectivity index (χ0) is 19.4. The van der Waals surface area contributed by atoms with Gasteiger partial charge in [0.1, 0.15) is 6.04 Å². The van der Waals surface area contributed by atoms with E-state index in [1.165, 1.54) is 19.1 Å². The van der Waals surface area contributed by atoms with Crippen LogP contribution in [0.4, 0.5) is 5.69 Å². The number of nitrogens with zero attached hydrogens (tertiary/aromatic N) is 1. The molecule has 1 aliphatic heterocycles. The van der Waals surface area contributed by atoms with Gasteiger partial charge in [-0.3, -0.25) is 9.59 Å². The summed E-state index contributed by atoms with van der Waals surface area (Å²) in [5, 5.41) is 0. The van der Waals surface area contributed by atoms with Gasteiger partial charge in [-0.05, 0) is 64.0 Å². The summed E-state index contributed by atoms with van der Waals surface area (Å²) in [7, 11) is 1.39. The van der Waals surface area contributed by atoms with Crippen LogP contribution in [0.1, 0.15) is 18.1 Å². The first kappa shape index (κ1) is 19.9. The number of carbonyl (C=O) groups is 2. The second-order valence-corrected chi connectivity index (χ2v) is 8.05. The maximum atomic E-state index is 12.2. The molecule has 2 aromatic rings. The predicted octanol–water partition coefficient (Wildman–Crippen LogP) is 3.74. The number of hydrogen-bond acceptors (Lipinski definition) is 5. The molecular weight excluding hydrogens is 428 g/mol. The van der Waals surface area contributed by atoms with Gasteiger partial charge < -0.3 is 9.64 Å². The molecular formula is C20H21BrN2O3S. The lowest BCUT2D eigenvalue weighted by molar-refractivity contribution is -0.142. The molecule has 1 heterocycles. The number of halogens is 1. The smallest absolute Gasteiger partial charge is 0.324 e. The normalized spacial score (nSPS) is 14.0. The fraction of sp³-hybridized carbons (Fsp3) is 0.300. The van der Waals surface area contributed by atoms with Crippen LogP contribution in [0.5, 0.6) is 0 Å². The standard InChI is InChI=1S/C20H21BrN2O3S/c1-13(24)23-9-8-15-11-16(21)19(12-18(15)23)27-22-17(20(25)26-2)10-14-6-4-3-5-7-14/h3-7,11-12,17,22H,8-10H2,1-2H3/t17-/m0/s1. The third-order valence-electron chi connectivity index (χ3n) is 4.49. The highest BCUT2D eigenvalue weighted by atomic mass is 79.9. The molecule has 1 aliphatic rings. The fourth-order valence-corrected chi connectivity index (χ4v) is 4.50. The minimum atomic E-state index is -0.480. The number of benzene rings is 2. The van der Waals surface area contributed by atoms with Crippen LogP contribution in [0.2, 0.25) is 0 Å². The third-order valence-corrected chi connectivity index (χ3v) is 6.37. The summed E-state index contributed by atoms with van der Waals surface area (Å²) in [6.07, 6.45) is 1.38. The molecule has 0 aromatic heterocycles. The van der Waals surface area contributed by atoms with E-state index in [9.17, 15) is 9.59 Å². The summed E-state index contributed by atoms with van der Waals surface area (Å²) < 4.78 is 9.10. The van der Waals surface area contributed by atoms with Gasteiger partial charge in [-0.1, -0.05) is 30.3 Å². The number of rotatable bonds is 6. The van der Waals surface area contributed by atoms with Crippen LogP contribution in [0.25, 0.3) is 0 Å². The van der Waals surface area contributed by atoms with Gasteiger partial charge in [-0.2, -0.15) is 0 Å². The van der Waals surface area contributed by atoms with Crippen LogP contribution in [-0.2, 0) is 27.2 Å². The van der Waals surface area contributed by atoms with Crippen LogP contribution >= 0.6 is 27.9 Å². The van der Waals surface area contributed by atoms with E-state index in [0.29, 0.717) is 13.0 Å². The summed E-state index contributed by atoms with van der Waals surface area (Å²) in [5.41, 5.74) is 3.14. The van der Waals surface area contributed by atoms with Crippen LogP contribution in [0, 0.1) is 0 Å². The van der Waals surface area contributed by atoms with E-state index in [4.69, 9.17) is 4.74 Å². The second-order valence-electron chi connectivity index (χ2n) is 6.32. The summed E-state index contributed by atoms with van der Waals surface area (Å²) in [5.74, 6) is -0.273. The van der Waals surface area contributed by atoms with E-state index in [2.05, 4.69) is 20.7 Å². The summed E-state index contributed by atoms with van der Waals surface area (Å²) in [4.78, 5) is 26.7. The number of hydrogen-bond donors (Lipinski definition) is 1. The van der Waals surface area contributed by atoms with Crippen molar-refractivity contribution in [3.8, 4) is 0 Å². The molecule has 0 saturated heterocycles. The molecule has 142 valence electrons. The Morgan fingerprint density at radius 1 is 1.30 bits per heavy atom. The van der Waals surface area contributed by atoms with Gasteiger partial charge in [0.25, 0.3) is 0 Å². The van der Waals surface area contributed by atoms with E-state index in [-0.39, 0.29) is 11.9 Å². The number of carbonyl (C=O) groups excluding carboxylic acids is 2. The molecule has 0 saturated carbocycles. The number of amides is 1. The Labute approximate surface area is 171 Å². The fourth-order valence-electron chi connectivity index (χ4n) is 3.09. The van der Waals surface area contributed by atoms with E-state index in [1.807, 2.05) is 42.5 Å². The Kier molecular flexibility index (Phi) is 6.57.